The standard InChI is InChI=1S/C25H28FNO4/c1-16(2)27-22-7-5-4-6-21(22)25(17-8-10-18(26)11-9-17)23(27)13-12-19(28)14-20(29)15-24(30)31-3/h4-13,16,19,23,25,28H,14-15H2,1-3H3/b13-12+. The molecule has 1 aliphatic rings. The maximum absolute atomic E-state index is 13.5. The van der Waals surface area contributed by atoms with Gasteiger partial charge in [0.05, 0.1) is 19.3 Å². The first-order valence-electron chi connectivity index (χ1n) is 10.4. The van der Waals surface area contributed by atoms with Crippen LogP contribution in [-0.4, -0.2) is 42.2 Å². The van der Waals surface area contributed by atoms with Crippen molar-refractivity contribution in [3.8, 4) is 0 Å². The molecule has 0 spiro atoms. The lowest BCUT2D eigenvalue weighted by molar-refractivity contribution is -0.143. The van der Waals surface area contributed by atoms with Crippen molar-refractivity contribution >= 4 is 17.4 Å². The number of fused-ring (bicyclic) bond motifs is 1. The van der Waals surface area contributed by atoms with Gasteiger partial charge in [-0.2, -0.15) is 0 Å². The predicted octanol–water partition coefficient (Wildman–Crippen LogP) is 3.99. The van der Waals surface area contributed by atoms with Crippen molar-refractivity contribution in [3.63, 3.8) is 0 Å². The number of para-hydroxylation sites is 1. The van der Waals surface area contributed by atoms with E-state index in [2.05, 4.69) is 35.6 Å². The summed E-state index contributed by atoms with van der Waals surface area (Å²) in [6.07, 6.45) is 1.99. The molecule has 6 heteroatoms. The number of esters is 1. The number of hydrogen-bond acceptors (Lipinski definition) is 5. The molecule has 31 heavy (non-hydrogen) atoms. The Labute approximate surface area is 182 Å². The molecule has 1 heterocycles. The van der Waals surface area contributed by atoms with Crippen molar-refractivity contribution in [2.45, 2.75) is 50.8 Å². The normalized spacial score (nSPS) is 19.0. The van der Waals surface area contributed by atoms with Crippen LogP contribution < -0.4 is 4.90 Å². The van der Waals surface area contributed by atoms with Gasteiger partial charge in [0, 0.05) is 24.1 Å². The van der Waals surface area contributed by atoms with Crippen molar-refractivity contribution < 1.29 is 23.8 Å². The number of nitrogens with zero attached hydrogens (tertiary/aromatic N) is 1. The number of aliphatic hydroxyl groups excluding tert-OH is 1. The van der Waals surface area contributed by atoms with Gasteiger partial charge in [0.1, 0.15) is 18.0 Å². The number of halogens is 1. The van der Waals surface area contributed by atoms with Crippen molar-refractivity contribution in [2.75, 3.05) is 12.0 Å². The molecular weight excluding hydrogens is 397 g/mol. The molecule has 164 valence electrons. The minimum Gasteiger partial charge on any atom is -0.469 e. The number of Topliss-reactive ketones (excluding diaryl/α,β-unsaturated/α-hetero) is 1. The zero-order valence-electron chi connectivity index (χ0n) is 18.0. The number of ketones is 1. The molecule has 0 radical (unpaired) electrons. The highest BCUT2D eigenvalue weighted by Gasteiger charge is 2.38. The number of benzene rings is 2. The molecule has 0 bridgehead atoms. The third-order valence-electron chi connectivity index (χ3n) is 5.53. The number of rotatable bonds is 8. The van der Waals surface area contributed by atoms with E-state index in [-0.39, 0.29) is 42.4 Å². The number of carbonyl (C=O) groups excluding carboxylic acids is 2. The van der Waals surface area contributed by atoms with Crippen LogP contribution >= 0.6 is 0 Å². The molecule has 2 aromatic carbocycles. The first-order chi connectivity index (χ1) is 14.8. The second-order valence-electron chi connectivity index (χ2n) is 8.03. The van der Waals surface area contributed by atoms with Crippen LogP contribution in [0.1, 0.15) is 43.7 Å². The van der Waals surface area contributed by atoms with E-state index in [4.69, 9.17) is 0 Å². The van der Waals surface area contributed by atoms with Crippen molar-refractivity contribution in [2.24, 2.45) is 0 Å². The third-order valence-corrected chi connectivity index (χ3v) is 5.53. The minimum absolute atomic E-state index is 0.0478. The molecule has 0 saturated carbocycles. The molecule has 0 aromatic heterocycles. The highest BCUT2D eigenvalue weighted by molar-refractivity contribution is 5.95. The van der Waals surface area contributed by atoms with E-state index in [0.717, 1.165) is 16.8 Å². The lowest BCUT2D eigenvalue weighted by atomic mass is 9.87. The number of hydrogen-bond donors (Lipinski definition) is 1. The lowest BCUT2D eigenvalue weighted by Gasteiger charge is -2.32. The first-order valence-corrected chi connectivity index (χ1v) is 10.4. The van der Waals surface area contributed by atoms with Crippen LogP contribution in [0.3, 0.4) is 0 Å². The molecule has 1 N–H and O–H groups in total. The van der Waals surface area contributed by atoms with Gasteiger partial charge >= 0.3 is 5.97 Å². The molecule has 5 nitrogen and oxygen atoms in total. The van der Waals surface area contributed by atoms with Crippen molar-refractivity contribution in [1.29, 1.82) is 0 Å². The summed E-state index contributed by atoms with van der Waals surface area (Å²) in [5.74, 6) is -1.33. The average Bonchev–Trinajstić information content (AvgIpc) is 3.07. The largest absolute Gasteiger partial charge is 0.469 e. The lowest BCUT2D eigenvalue weighted by Crippen LogP contribution is -2.38. The van der Waals surface area contributed by atoms with E-state index in [0.29, 0.717) is 0 Å². The van der Waals surface area contributed by atoms with Crippen LogP contribution in [0.4, 0.5) is 10.1 Å². The molecule has 0 amide bonds. The van der Waals surface area contributed by atoms with E-state index >= 15 is 0 Å². The molecule has 1 aliphatic heterocycles. The summed E-state index contributed by atoms with van der Waals surface area (Å²) in [5.41, 5.74) is 3.20. The summed E-state index contributed by atoms with van der Waals surface area (Å²) in [7, 11) is 1.22. The molecule has 2 aromatic rings. The van der Waals surface area contributed by atoms with Crippen LogP contribution in [0, 0.1) is 5.82 Å². The summed E-state index contributed by atoms with van der Waals surface area (Å²) >= 11 is 0. The highest BCUT2D eigenvalue weighted by Crippen LogP contribution is 2.46. The van der Waals surface area contributed by atoms with Gasteiger partial charge in [0.15, 0.2) is 0 Å². The van der Waals surface area contributed by atoms with Gasteiger partial charge in [-0.05, 0) is 43.2 Å². The summed E-state index contributed by atoms with van der Waals surface area (Å²) in [5, 5.41) is 10.4. The third kappa shape index (κ3) is 5.20. The molecular formula is C25H28FNO4. The maximum Gasteiger partial charge on any atom is 0.313 e. The van der Waals surface area contributed by atoms with Crippen LogP contribution in [0.15, 0.2) is 60.7 Å². The predicted molar refractivity (Wildman–Crippen MR) is 117 cm³/mol. The molecule has 0 saturated heterocycles. The van der Waals surface area contributed by atoms with Gasteiger partial charge in [-0.3, -0.25) is 9.59 Å². The second-order valence-corrected chi connectivity index (χ2v) is 8.03. The number of methoxy groups -OCH3 is 1. The Morgan fingerprint density at radius 2 is 1.84 bits per heavy atom. The molecule has 3 rings (SSSR count). The zero-order valence-corrected chi connectivity index (χ0v) is 18.0. The Morgan fingerprint density at radius 1 is 1.16 bits per heavy atom. The van der Waals surface area contributed by atoms with Gasteiger partial charge < -0.3 is 14.7 Å². The minimum atomic E-state index is -1.01. The van der Waals surface area contributed by atoms with Gasteiger partial charge in [-0.1, -0.05) is 42.5 Å². The summed E-state index contributed by atoms with van der Waals surface area (Å²) in [6, 6.07) is 14.7. The molecule has 3 atom stereocenters. The molecule has 0 fully saturated rings. The zero-order chi connectivity index (χ0) is 22.5. The summed E-state index contributed by atoms with van der Waals surface area (Å²) < 4.78 is 18.0. The fourth-order valence-electron chi connectivity index (χ4n) is 4.21. The fraction of sp³-hybridized carbons (Fsp3) is 0.360. The first kappa shape index (κ1) is 22.7. The smallest absolute Gasteiger partial charge is 0.313 e. The number of aliphatic hydroxyl groups is 1. The van der Waals surface area contributed by atoms with Crippen LogP contribution in [0.25, 0.3) is 0 Å². The molecule has 3 unspecified atom stereocenters. The van der Waals surface area contributed by atoms with E-state index in [1.54, 1.807) is 18.2 Å². The summed E-state index contributed by atoms with van der Waals surface area (Å²) in [4.78, 5) is 25.5. The van der Waals surface area contributed by atoms with Gasteiger partial charge in [-0.15, -0.1) is 0 Å². The monoisotopic (exact) mass is 425 g/mol. The Balaban J connectivity index is 1.89. The average molecular weight is 426 g/mol. The van der Waals surface area contributed by atoms with Crippen molar-refractivity contribution in [1.82, 2.24) is 0 Å². The van der Waals surface area contributed by atoms with E-state index < -0.39 is 12.1 Å². The maximum atomic E-state index is 13.5. The quantitative estimate of drug-likeness (QED) is 0.394. The van der Waals surface area contributed by atoms with E-state index in [1.807, 2.05) is 18.2 Å². The van der Waals surface area contributed by atoms with E-state index in [1.165, 1.54) is 19.2 Å². The van der Waals surface area contributed by atoms with E-state index in [9.17, 15) is 19.1 Å². The SMILES string of the molecule is COC(=O)CC(=O)CC(O)/C=C/C1C(c2ccc(F)cc2)c2ccccc2N1C(C)C. The Hall–Kier alpha value is -2.99. The Bertz CT molecular complexity index is 954. The Morgan fingerprint density at radius 3 is 2.48 bits per heavy atom. The Kier molecular flexibility index (Phi) is 7.23. The van der Waals surface area contributed by atoms with Crippen molar-refractivity contribution in [3.05, 3.63) is 77.6 Å². The van der Waals surface area contributed by atoms with Crippen LogP contribution in [0.5, 0.6) is 0 Å². The van der Waals surface area contributed by atoms with Gasteiger partial charge in [0.25, 0.3) is 0 Å². The number of carbonyl (C=O) groups is 2. The molecule has 0 aliphatic carbocycles. The number of anilines is 1. The van der Waals surface area contributed by atoms with Gasteiger partial charge in [0.2, 0.25) is 0 Å². The number of ether oxygens (including phenoxy) is 1. The second kappa shape index (κ2) is 9.88. The topological polar surface area (TPSA) is 66.8 Å². The fourth-order valence-corrected chi connectivity index (χ4v) is 4.21. The highest BCUT2D eigenvalue weighted by atomic mass is 19.1. The van der Waals surface area contributed by atoms with Crippen LogP contribution in [-0.2, 0) is 14.3 Å². The van der Waals surface area contributed by atoms with Crippen LogP contribution in [0.2, 0.25) is 0 Å². The summed E-state index contributed by atoms with van der Waals surface area (Å²) in [6.45, 7) is 4.20. The van der Waals surface area contributed by atoms with Gasteiger partial charge in [-0.25, -0.2) is 4.39 Å².